The summed E-state index contributed by atoms with van der Waals surface area (Å²) in [5.74, 6) is 0.843. The number of hydrogen-bond donors (Lipinski definition) is 2. The Kier molecular flexibility index (Phi) is 6.42. The van der Waals surface area contributed by atoms with Gasteiger partial charge in [-0.15, -0.1) is 6.58 Å². The van der Waals surface area contributed by atoms with E-state index in [1.807, 2.05) is 17.8 Å². The first-order chi connectivity index (χ1) is 14.1. The van der Waals surface area contributed by atoms with Crippen molar-refractivity contribution in [3.05, 3.63) is 90.5 Å². The van der Waals surface area contributed by atoms with Gasteiger partial charge < -0.3 is 19.9 Å². The van der Waals surface area contributed by atoms with E-state index in [-0.39, 0.29) is 11.8 Å². The molecule has 0 bridgehead atoms. The molecule has 148 valence electrons. The van der Waals surface area contributed by atoms with Gasteiger partial charge in [-0.1, -0.05) is 18.2 Å². The molecule has 2 aromatic carbocycles. The summed E-state index contributed by atoms with van der Waals surface area (Å²) in [5.41, 5.74) is 1.28. The van der Waals surface area contributed by atoms with Crippen molar-refractivity contribution in [1.82, 2.24) is 14.9 Å². The number of benzene rings is 2. The lowest BCUT2D eigenvalue weighted by molar-refractivity contribution is 0.0959. The summed E-state index contributed by atoms with van der Waals surface area (Å²) in [4.78, 5) is 29.0. The van der Waals surface area contributed by atoms with Crippen LogP contribution >= 0.6 is 0 Å². The average molecular weight is 390 g/mol. The minimum atomic E-state index is -0.315. The number of amides is 2. The number of para-hydroxylation sites is 1. The normalized spacial score (nSPS) is 10.2. The first-order valence-corrected chi connectivity index (χ1v) is 9.07. The van der Waals surface area contributed by atoms with Gasteiger partial charge in [-0.3, -0.25) is 9.59 Å². The number of hydrogen-bond acceptors (Lipinski definition) is 4. The topological polar surface area (TPSA) is 85.2 Å². The fourth-order valence-corrected chi connectivity index (χ4v) is 2.63. The molecule has 0 spiro atoms. The smallest absolute Gasteiger partial charge is 0.255 e. The first kappa shape index (κ1) is 19.9. The zero-order valence-corrected chi connectivity index (χ0v) is 16.1. The van der Waals surface area contributed by atoms with Crippen LogP contribution < -0.4 is 15.4 Å². The summed E-state index contributed by atoms with van der Waals surface area (Å²) in [5, 5.41) is 5.49. The number of aromatic nitrogens is 2. The van der Waals surface area contributed by atoms with Gasteiger partial charge in [0.25, 0.3) is 11.8 Å². The van der Waals surface area contributed by atoms with E-state index in [9.17, 15) is 9.59 Å². The molecule has 7 heteroatoms. The van der Waals surface area contributed by atoms with Crippen LogP contribution in [0.15, 0.2) is 73.6 Å². The molecule has 1 heterocycles. The number of carbonyl (C=O) groups excluding carboxylic acids is 2. The Morgan fingerprint density at radius 3 is 2.59 bits per heavy atom. The molecule has 3 rings (SSSR count). The molecule has 2 amide bonds. The molecule has 0 atom stereocenters. The molecule has 0 saturated carbocycles. The zero-order valence-electron chi connectivity index (χ0n) is 16.1. The largest absolute Gasteiger partial charge is 0.486 e. The van der Waals surface area contributed by atoms with Gasteiger partial charge in [0.05, 0.1) is 11.3 Å². The summed E-state index contributed by atoms with van der Waals surface area (Å²) >= 11 is 0. The molecular weight excluding hydrogens is 368 g/mol. The van der Waals surface area contributed by atoms with E-state index in [0.29, 0.717) is 35.7 Å². The van der Waals surface area contributed by atoms with Gasteiger partial charge in [0.2, 0.25) is 0 Å². The van der Waals surface area contributed by atoms with E-state index >= 15 is 0 Å². The summed E-state index contributed by atoms with van der Waals surface area (Å²) in [6, 6.07) is 13.6. The SMILES string of the molecule is C=CCNC(=O)c1ccccc1NC(=O)c1ccc(OCc2nccn2C)cc1. The van der Waals surface area contributed by atoms with Crippen molar-refractivity contribution < 1.29 is 14.3 Å². The van der Waals surface area contributed by atoms with Gasteiger partial charge in [-0.05, 0) is 36.4 Å². The lowest BCUT2D eigenvalue weighted by Crippen LogP contribution is -2.25. The van der Waals surface area contributed by atoms with Crippen molar-refractivity contribution in [1.29, 1.82) is 0 Å². The average Bonchev–Trinajstić information content (AvgIpc) is 3.16. The van der Waals surface area contributed by atoms with Crippen LogP contribution in [0.2, 0.25) is 0 Å². The highest BCUT2D eigenvalue weighted by molar-refractivity contribution is 6.09. The summed E-state index contributed by atoms with van der Waals surface area (Å²) in [7, 11) is 1.90. The van der Waals surface area contributed by atoms with E-state index in [2.05, 4.69) is 22.2 Å². The number of nitrogens with one attached hydrogen (secondary N) is 2. The van der Waals surface area contributed by atoms with Gasteiger partial charge in [-0.25, -0.2) is 4.98 Å². The van der Waals surface area contributed by atoms with Crippen LogP contribution in [0.5, 0.6) is 5.75 Å². The Labute approximate surface area is 169 Å². The molecule has 0 fully saturated rings. The monoisotopic (exact) mass is 390 g/mol. The van der Waals surface area contributed by atoms with Crippen LogP contribution in [0.4, 0.5) is 5.69 Å². The van der Waals surface area contributed by atoms with E-state index in [1.54, 1.807) is 60.8 Å². The van der Waals surface area contributed by atoms with Crippen molar-refractivity contribution in [3.8, 4) is 5.75 Å². The van der Waals surface area contributed by atoms with Crippen molar-refractivity contribution in [2.75, 3.05) is 11.9 Å². The predicted octanol–water partition coefficient (Wildman–Crippen LogP) is 3.17. The summed E-state index contributed by atoms with van der Waals surface area (Å²) in [6.07, 6.45) is 5.15. The van der Waals surface area contributed by atoms with Crippen LogP contribution in [-0.4, -0.2) is 27.9 Å². The van der Waals surface area contributed by atoms with Crippen LogP contribution in [0, 0.1) is 0 Å². The highest BCUT2D eigenvalue weighted by Gasteiger charge is 2.13. The molecule has 29 heavy (non-hydrogen) atoms. The van der Waals surface area contributed by atoms with Gasteiger partial charge in [-0.2, -0.15) is 0 Å². The number of nitrogens with zero attached hydrogens (tertiary/aromatic N) is 2. The van der Waals surface area contributed by atoms with Gasteiger partial charge >= 0.3 is 0 Å². The van der Waals surface area contributed by atoms with Gasteiger partial charge in [0.15, 0.2) is 0 Å². The molecule has 3 aromatic rings. The van der Waals surface area contributed by atoms with E-state index in [0.717, 1.165) is 5.82 Å². The summed E-state index contributed by atoms with van der Waals surface area (Å²) < 4.78 is 7.58. The molecule has 0 radical (unpaired) electrons. The van der Waals surface area contributed by atoms with Crippen LogP contribution in [0.1, 0.15) is 26.5 Å². The lowest BCUT2D eigenvalue weighted by Gasteiger charge is -2.11. The minimum absolute atomic E-state index is 0.279. The Hall–Kier alpha value is -3.87. The predicted molar refractivity (Wildman–Crippen MR) is 111 cm³/mol. The van der Waals surface area contributed by atoms with Crippen molar-refractivity contribution in [2.24, 2.45) is 7.05 Å². The second-order valence-electron chi connectivity index (χ2n) is 6.27. The third kappa shape index (κ3) is 5.10. The maximum absolute atomic E-state index is 12.6. The molecule has 2 N–H and O–H groups in total. The van der Waals surface area contributed by atoms with Crippen molar-refractivity contribution in [2.45, 2.75) is 6.61 Å². The third-order valence-corrected chi connectivity index (χ3v) is 4.23. The quantitative estimate of drug-likeness (QED) is 0.579. The fraction of sp³-hybridized carbons (Fsp3) is 0.136. The molecule has 7 nitrogen and oxygen atoms in total. The highest BCUT2D eigenvalue weighted by atomic mass is 16.5. The molecule has 0 saturated heterocycles. The van der Waals surface area contributed by atoms with E-state index < -0.39 is 0 Å². The van der Waals surface area contributed by atoms with Gasteiger partial charge in [0, 0.05) is 31.5 Å². The standard InChI is InChI=1S/C22H22N4O3/c1-3-12-24-22(28)18-6-4-5-7-19(18)25-21(27)16-8-10-17(11-9-16)29-15-20-23-13-14-26(20)2/h3-11,13-14H,1,12,15H2,2H3,(H,24,28)(H,25,27). The van der Waals surface area contributed by atoms with E-state index in [1.165, 1.54) is 0 Å². The van der Waals surface area contributed by atoms with Gasteiger partial charge in [0.1, 0.15) is 18.2 Å². The Morgan fingerprint density at radius 1 is 1.14 bits per heavy atom. The van der Waals surface area contributed by atoms with Crippen LogP contribution in [-0.2, 0) is 13.7 Å². The molecular formula is C22H22N4O3. The minimum Gasteiger partial charge on any atom is -0.486 e. The molecule has 1 aromatic heterocycles. The Balaban J connectivity index is 1.65. The zero-order chi connectivity index (χ0) is 20.6. The first-order valence-electron chi connectivity index (χ1n) is 9.07. The number of aryl methyl sites for hydroxylation is 1. The number of carbonyl (C=O) groups is 2. The maximum atomic E-state index is 12.6. The van der Waals surface area contributed by atoms with Crippen molar-refractivity contribution >= 4 is 17.5 Å². The van der Waals surface area contributed by atoms with Crippen LogP contribution in [0.3, 0.4) is 0 Å². The Morgan fingerprint density at radius 2 is 1.90 bits per heavy atom. The molecule has 0 unspecified atom stereocenters. The number of anilines is 1. The summed E-state index contributed by atoms with van der Waals surface area (Å²) in [6.45, 7) is 4.26. The second-order valence-corrected chi connectivity index (χ2v) is 6.27. The highest BCUT2D eigenvalue weighted by Crippen LogP contribution is 2.18. The molecule has 0 aliphatic carbocycles. The number of imidazole rings is 1. The number of ether oxygens (including phenoxy) is 1. The molecule has 0 aliphatic rings. The Bertz CT molecular complexity index is 1010. The third-order valence-electron chi connectivity index (χ3n) is 4.23. The second kappa shape index (κ2) is 9.36. The van der Waals surface area contributed by atoms with Crippen molar-refractivity contribution in [3.63, 3.8) is 0 Å². The van der Waals surface area contributed by atoms with E-state index in [4.69, 9.17) is 4.74 Å². The molecule has 0 aliphatic heterocycles. The lowest BCUT2D eigenvalue weighted by atomic mass is 10.1. The maximum Gasteiger partial charge on any atom is 0.255 e. The number of rotatable bonds is 8. The fourth-order valence-electron chi connectivity index (χ4n) is 2.63. The van der Waals surface area contributed by atoms with Crippen LogP contribution in [0.25, 0.3) is 0 Å².